The van der Waals surface area contributed by atoms with Crippen LogP contribution < -0.4 is 29.0 Å². The van der Waals surface area contributed by atoms with E-state index in [4.69, 9.17) is 23.7 Å². The van der Waals surface area contributed by atoms with Crippen molar-refractivity contribution in [2.75, 3.05) is 27.9 Å². The van der Waals surface area contributed by atoms with Crippen LogP contribution in [0.5, 0.6) is 28.7 Å². The molecule has 0 spiro atoms. The zero-order chi connectivity index (χ0) is 25.7. The lowest BCUT2D eigenvalue weighted by Gasteiger charge is -2.18. The molecule has 1 unspecified atom stereocenters. The number of benzene rings is 2. The van der Waals surface area contributed by atoms with Crippen molar-refractivity contribution in [3.63, 3.8) is 0 Å². The van der Waals surface area contributed by atoms with E-state index in [-0.39, 0.29) is 29.0 Å². The van der Waals surface area contributed by atoms with E-state index in [1.165, 1.54) is 45.6 Å². The number of methoxy groups -OCH3 is 3. The van der Waals surface area contributed by atoms with Crippen LogP contribution in [0.15, 0.2) is 36.1 Å². The Morgan fingerprint density at radius 3 is 2.29 bits per heavy atom. The van der Waals surface area contributed by atoms with E-state index in [0.717, 1.165) is 0 Å². The molecule has 0 fully saturated rings. The number of carbonyl (C=O) groups is 3. The van der Waals surface area contributed by atoms with Crippen molar-refractivity contribution in [1.29, 1.82) is 0 Å². The zero-order valence-electron chi connectivity index (χ0n) is 20.0. The standard InChI is InChI=1S/C25H27NO9/c1-13(2)23(25(29)30)26-22(27)12-34-15-6-7-16-18(10-15)35-21(24(16)28)9-14-8-19(32-4)20(33-5)11-17(14)31-3/h6-11,13,23H,12H2,1-5H3,(H,26,27)(H,29,30). The third kappa shape index (κ3) is 5.65. The van der Waals surface area contributed by atoms with Gasteiger partial charge in [0.15, 0.2) is 23.9 Å². The average molecular weight is 485 g/mol. The van der Waals surface area contributed by atoms with Gasteiger partial charge in [-0.1, -0.05) is 13.8 Å². The molecule has 10 nitrogen and oxygen atoms in total. The SMILES string of the molecule is COc1cc(OC)c(OC)cc1C=C1Oc2cc(OCC(=O)NC(C(=O)O)C(C)C)ccc2C1=O. The zero-order valence-corrected chi connectivity index (χ0v) is 20.0. The average Bonchev–Trinajstić information content (AvgIpc) is 3.14. The second kappa shape index (κ2) is 10.8. The molecule has 1 atom stereocenters. The Hall–Kier alpha value is -4.21. The molecule has 1 amide bonds. The van der Waals surface area contributed by atoms with Crippen LogP contribution in [0.25, 0.3) is 6.08 Å². The van der Waals surface area contributed by atoms with Gasteiger partial charge in [-0.3, -0.25) is 9.59 Å². The second-order valence-electron chi connectivity index (χ2n) is 7.96. The molecule has 1 aliphatic heterocycles. The fourth-order valence-electron chi connectivity index (χ4n) is 3.44. The molecule has 0 saturated heterocycles. The molecule has 35 heavy (non-hydrogen) atoms. The number of Topliss-reactive ketones (excluding diaryl/α,β-unsaturated/α-hetero) is 1. The lowest BCUT2D eigenvalue weighted by atomic mass is 10.1. The highest BCUT2D eigenvalue weighted by Crippen LogP contribution is 2.39. The summed E-state index contributed by atoms with van der Waals surface area (Å²) < 4.78 is 27.2. The van der Waals surface area contributed by atoms with E-state index in [1.807, 2.05) is 0 Å². The third-order valence-electron chi connectivity index (χ3n) is 5.28. The molecule has 2 aromatic rings. The Bertz CT molecular complexity index is 1170. The molecule has 3 rings (SSSR count). The maximum absolute atomic E-state index is 12.9. The number of hydrogen-bond donors (Lipinski definition) is 2. The fourth-order valence-corrected chi connectivity index (χ4v) is 3.44. The Morgan fingerprint density at radius 1 is 1.03 bits per heavy atom. The van der Waals surface area contributed by atoms with Crippen molar-refractivity contribution in [2.24, 2.45) is 5.92 Å². The van der Waals surface area contributed by atoms with Crippen molar-refractivity contribution in [3.05, 3.63) is 47.2 Å². The minimum absolute atomic E-state index is 0.0710. The van der Waals surface area contributed by atoms with E-state index < -0.39 is 24.5 Å². The summed E-state index contributed by atoms with van der Waals surface area (Å²) in [5, 5.41) is 11.6. The Labute approximate surface area is 202 Å². The number of ether oxygens (including phenoxy) is 5. The van der Waals surface area contributed by atoms with Gasteiger partial charge in [-0.25, -0.2) is 4.79 Å². The summed E-state index contributed by atoms with van der Waals surface area (Å²) in [6.07, 6.45) is 1.54. The van der Waals surface area contributed by atoms with Gasteiger partial charge >= 0.3 is 5.97 Å². The Kier molecular flexibility index (Phi) is 7.85. The first-order valence-electron chi connectivity index (χ1n) is 10.7. The van der Waals surface area contributed by atoms with Crippen LogP contribution in [-0.4, -0.2) is 56.7 Å². The highest BCUT2D eigenvalue weighted by atomic mass is 16.5. The van der Waals surface area contributed by atoms with Crippen LogP contribution in [0.2, 0.25) is 0 Å². The van der Waals surface area contributed by atoms with Crippen molar-refractivity contribution >= 4 is 23.7 Å². The molecule has 0 radical (unpaired) electrons. The molecule has 186 valence electrons. The minimum atomic E-state index is -1.12. The third-order valence-corrected chi connectivity index (χ3v) is 5.28. The number of carboxylic acids is 1. The smallest absolute Gasteiger partial charge is 0.326 e. The number of aliphatic carboxylic acids is 1. The van der Waals surface area contributed by atoms with E-state index in [1.54, 1.807) is 26.0 Å². The monoisotopic (exact) mass is 485 g/mol. The largest absolute Gasteiger partial charge is 0.496 e. The van der Waals surface area contributed by atoms with Gasteiger partial charge in [-0.15, -0.1) is 0 Å². The predicted molar refractivity (Wildman–Crippen MR) is 125 cm³/mol. The molecule has 0 aromatic heterocycles. The maximum Gasteiger partial charge on any atom is 0.326 e. The molecular formula is C25H27NO9. The summed E-state index contributed by atoms with van der Waals surface area (Å²) >= 11 is 0. The van der Waals surface area contributed by atoms with Gasteiger partial charge in [0.25, 0.3) is 5.91 Å². The topological polar surface area (TPSA) is 130 Å². The Balaban J connectivity index is 1.75. The second-order valence-corrected chi connectivity index (χ2v) is 7.96. The van der Waals surface area contributed by atoms with Gasteiger partial charge < -0.3 is 34.1 Å². The number of carboxylic acid groups (broad SMARTS) is 1. The molecule has 0 bridgehead atoms. The lowest BCUT2D eigenvalue weighted by Crippen LogP contribution is -2.46. The summed E-state index contributed by atoms with van der Waals surface area (Å²) in [5.41, 5.74) is 0.880. The summed E-state index contributed by atoms with van der Waals surface area (Å²) in [6, 6.07) is 6.84. The molecular weight excluding hydrogens is 458 g/mol. The number of fused-ring (bicyclic) bond motifs is 1. The summed E-state index contributed by atoms with van der Waals surface area (Å²) in [4.78, 5) is 36.2. The highest BCUT2D eigenvalue weighted by Gasteiger charge is 2.29. The number of allylic oxidation sites excluding steroid dienone is 1. The number of carbonyl (C=O) groups excluding carboxylic acids is 2. The van der Waals surface area contributed by atoms with Crippen molar-refractivity contribution in [3.8, 4) is 28.7 Å². The van der Waals surface area contributed by atoms with Gasteiger partial charge in [0.1, 0.15) is 23.3 Å². The number of rotatable bonds is 10. The Morgan fingerprint density at radius 2 is 1.69 bits per heavy atom. The van der Waals surface area contributed by atoms with E-state index >= 15 is 0 Å². The number of hydrogen-bond acceptors (Lipinski definition) is 8. The number of ketones is 1. The number of nitrogens with one attached hydrogen (secondary N) is 1. The molecule has 0 saturated carbocycles. The van der Waals surface area contributed by atoms with Gasteiger partial charge in [0.05, 0.1) is 26.9 Å². The predicted octanol–water partition coefficient (Wildman–Crippen LogP) is 2.93. The maximum atomic E-state index is 12.9. The van der Waals surface area contributed by atoms with Crippen molar-refractivity contribution < 1.29 is 43.2 Å². The first-order valence-corrected chi connectivity index (χ1v) is 10.7. The molecule has 0 aliphatic carbocycles. The van der Waals surface area contributed by atoms with Crippen molar-refractivity contribution in [1.82, 2.24) is 5.32 Å². The highest BCUT2D eigenvalue weighted by molar-refractivity contribution is 6.14. The van der Waals surface area contributed by atoms with Crippen LogP contribution in [0.3, 0.4) is 0 Å². The van der Waals surface area contributed by atoms with Crippen molar-refractivity contribution in [2.45, 2.75) is 19.9 Å². The molecule has 2 aromatic carbocycles. The van der Waals surface area contributed by atoms with Gasteiger partial charge in [0.2, 0.25) is 5.78 Å². The summed E-state index contributed by atoms with van der Waals surface area (Å²) in [5.74, 6) is -0.305. The molecule has 1 aliphatic rings. The van der Waals surface area contributed by atoms with E-state index in [2.05, 4.69) is 5.32 Å². The molecule has 1 heterocycles. The fraction of sp³-hybridized carbons (Fsp3) is 0.320. The van der Waals surface area contributed by atoms with E-state index in [9.17, 15) is 19.5 Å². The van der Waals surface area contributed by atoms with Gasteiger partial charge in [0, 0.05) is 17.7 Å². The van der Waals surface area contributed by atoms with Crippen LogP contribution in [0.4, 0.5) is 0 Å². The van der Waals surface area contributed by atoms with Gasteiger partial charge in [-0.05, 0) is 30.2 Å². The first-order chi connectivity index (χ1) is 16.7. The minimum Gasteiger partial charge on any atom is -0.496 e. The lowest BCUT2D eigenvalue weighted by molar-refractivity contribution is -0.143. The van der Waals surface area contributed by atoms with Gasteiger partial charge in [-0.2, -0.15) is 0 Å². The van der Waals surface area contributed by atoms with Crippen LogP contribution in [0, 0.1) is 5.92 Å². The molecule has 10 heteroatoms. The summed E-state index contributed by atoms with van der Waals surface area (Å²) in [6.45, 7) is 2.99. The van der Waals surface area contributed by atoms with Crippen LogP contribution >= 0.6 is 0 Å². The first kappa shape index (κ1) is 25.4. The summed E-state index contributed by atoms with van der Waals surface area (Å²) in [7, 11) is 4.50. The van der Waals surface area contributed by atoms with Crippen LogP contribution in [0.1, 0.15) is 29.8 Å². The molecule has 2 N–H and O–H groups in total. The quantitative estimate of drug-likeness (QED) is 0.488. The van der Waals surface area contributed by atoms with E-state index in [0.29, 0.717) is 28.4 Å². The number of amides is 1. The van der Waals surface area contributed by atoms with Crippen LogP contribution in [-0.2, 0) is 9.59 Å². The normalized spacial score (nSPS) is 14.2.